The van der Waals surface area contributed by atoms with Gasteiger partial charge in [0.25, 0.3) is 0 Å². The third-order valence-electron chi connectivity index (χ3n) is 2.17. The van der Waals surface area contributed by atoms with Gasteiger partial charge in [-0.25, -0.2) is 0 Å². The molecule has 0 unspecified atom stereocenters. The number of rotatable bonds is 2. The Morgan fingerprint density at radius 2 is 2.54 bits per heavy atom. The second-order valence-corrected chi connectivity index (χ2v) is 3.22. The van der Waals surface area contributed by atoms with E-state index >= 15 is 0 Å². The van der Waals surface area contributed by atoms with Crippen LogP contribution < -0.4 is 5.32 Å². The van der Waals surface area contributed by atoms with Crippen molar-refractivity contribution in [2.75, 3.05) is 19.7 Å². The number of nitrogens with one attached hydrogen (secondary N) is 1. The molecule has 70 valence electrons. The Morgan fingerprint density at radius 1 is 1.54 bits per heavy atom. The maximum atomic E-state index is 5.58. The monoisotopic (exact) mass is 178 g/mol. The minimum atomic E-state index is 0.295. The van der Waals surface area contributed by atoms with Gasteiger partial charge in [0, 0.05) is 31.4 Å². The second kappa shape index (κ2) is 4.35. The molecule has 0 amide bonds. The molecule has 3 nitrogen and oxygen atoms in total. The van der Waals surface area contributed by atoms with E-state index in [1.807, 2.05) is 24.4 Å². The Bertz CT molecular complexity index is 244. The molecule has 0 spiro atoms. The van der Waals surface area contributed by atoms with Crippen LogP contribution in [0, 0.1) is 0 Å². The highest BCUT2D eigenvalue weighted by atomic mass is 16.5. The number of nitrogens with zero attached hydrogens (tertiary/aromatic N) is 1. The lowest BCUT2D eigenvalue weighted by Gasteiger charge is -2.23. The van der Waals surface area contributed by atoms with Gasteiger partial charge >= 0.3 is 0 Å². The zero-order valence-corrected chi connectivity index (χ0v) is 7.57. The maximum Gasteiger partial charge on any atom is 0.0755 e. The van der Waals surface area contributed by atoms with Gasteiger partial charge in [-0.3, -0.25) is 4.98 Å². The molecule has 1 atom stereocenters. The van der Waals surface area contributed by atoms with Crippen molar-refractivity contribution in [1.29, 1.82) is 0 Å². The molecule has 1 fully saturated rings. The van der Waals surface area contributed by atoms with Crippen LogP contribution in [0.3, 0.4) is 0 Å². The van der Waals surface area contributed by atoms with Crippen LogP contribution in [-0.4, -0.2) is 30.8 Å². The van der Waals surface area contributed by atoms with Gasteiger partial charge in [0.1, 0.15) is 0 Å². The van der Waals surface area contributed by atoms with Gasteiger partial charge in [-0.2, -0.15) is 0 Å². The van der Waals surface area contributed by atoms with Crippen LogP contribution in [0.4, 0.5) is 0 Å². The summed E-state index contributed by atoms with van der Waals surface area (Å²) < 4.78 is 5.58. The summed E-state index contributed by atoms with van der Waals surface area (Å²) in [6.07, 6.45) is 3.03. The predicted octanol–water partition coefficient (Wildman–Crippen LogP) is 0.612. The normalized spacial score (nSPS) is 22.9. The van der Waals surface area contributed by atoms with Crippen molar-refractivity contribution in [3.8, 4) is 0 Å². The number of pyridine rings is 1. The van der Waals surface area contributed by atoms with Crippen molar-refractivity contribution in [3.63, 3.8) is 0 Å². The molecule has 1 aromatic rings. The highest BCUT2D eigenvalue weighted by Gasteiger charge is 2.13. The Labute approximate surface area is 78.1 Å². The van der Waals surface area contributed by atoms with Crippen molar-refractivity contribution in [1.82, 2.24) is 10.3 Å². The highest BCUT2D eigenvalue weighted by molar-refractivity contribution is 5.04. The van der Waals surface area contributed by atoms with Crippen LogP contribution >= 0.6 is 0 Å². The first-order chi connectivity index (χ1) is 6.45. The molecular weight excluding hydrogens is 164 g/mol. The van der Waals surface area contributed by atoms with Crippen LogP contribution in [0.5, 0.6) is 0 Å². The lowest BCUT2D eigenvalue weighted by Crippen LogP contribution is -2.39. The van der Waals surface area contributed by atoms with Crippen molar-refractivity contribution in [3.05, 3.63) is 30.1 Å². The number of morpholine rings is 1. The van der Waals surface area contributed by atoms with E-state index in [2.05, 4.69) is 10.3 Å². The highest BCUT2D eigenvalue weighted by Crippen LogP contribution is 2.04. The minimum Gasteiger partial charge on any atom is -0.375 e. The zero-order valence-electron chi connectivity index (χ0n) is 7.57. The number of hydrogen-bond acceptors (Lipinski definition) is 3. The zero-order chi connectivity index (χ0) is 8.93. The third-order valence-corrected chi connectivity index (χ3v) is 2.17. The molecule has 0 aromatic carbocycles. The lowest BCUT2D eigenvalue weighted by atomic mass is 10.1. The van der Waals surface area contributed by atoms with Gasteiger partial charge in [-0.05, 0) is 12.1 Å². The second-order valence-electron chi connectivity index (χ2n) is 3.22. The van der Waals surface area contributed by atoms with E-state index < -0.39 is 0 Å². The van der Waals surface area contributed by atoms with Gasteiger partial charge in [0.2, 0.25) is 0 Å². The van der Waals surface area contributed by atoms with E-state index in [1.165, 1.54) is 0 Å². The molecule has 1 aliphatic rings. The van der Waals surface area contributed by atoms with Crippen molar-refractivity contribution in [2.24, 2.45) is 0 Å². The van der Waals surface area contributed by atoms with Gasteiger partial charge in [0.15, 0.2) is 0 Å². The summed E-state index contributed by atoms with van der Waals surface area (Å²) in [6, 6.07) is 5.99. The summed E-state index contributed by atoms with van der Waals surface area (Å²) >= 11 is 0. The number of hydrogen-bond donors (Lipinski definition) is 1. The summed E-state index contributed by atoms with van der Waals surface area (Å²) in [5.74, 6) is 0. The van der Waals surface area contributed by atoms with Gasteiger partial charge in [-0.15, -0.1) is 0 Å². The predicted molar refractivity (Wildman–Crippen MR) is 50.6 cm³/mol. The molecule has 1 saturated heterocycles. The van der Waals surface area contributed by atoms with Crippen LogP contribution in [0.15, 0.2) is 24.4 Å². The van der Waals surface area contributed by atoms with E-state index in [4.69, 9.17) is 4.74 Å². The smallest absolute Gasteiger partial charge is 0.0755 e. The van der Waals surface area contributed by atoms with Gasteiger partial charge in [0.05, 0.1) is 12.7 Å². The number of aromatic nitrogens is 1. The van der Waals surface area contributed by atoms with Crippen LogP contribution in [0.25, 0.3) is 0 Å². The first-order valence-corrected chi connectivity index (χ1v) is 4.67. The Kier molecular flexibility index (Phi) is 2.90. The summed E-state index contributed by atoms with van der Waals surface area (Å²) in [6.45, 7) is 2.73. The lowest BCUT2D eigenvalue weighted by molar-refractivity contribution is 0.0287. The quantitative estimate of drug-likeness (QED) is 0.720. The first-order valence-electron chi connectivity index (χ1n) is 4.67. The molecule has 13 heavy (non-hydrogen) atoms. The summed E-state index contributed by atoms with van der Waals surface area (Å²) in [7, 11) is 0. The van der Waals surface area contributed by atoms with Crippen LogP contribution in [0.1, 0.15) is 5.69 Å². The fourth-order valence-electron chi connectivity index (χ4n) is 1.50. The maximum absolute atomic E-state index is 5.58. The molecule has 3 heteroatoms. The topological polar surface area (TPSA) is 34.1 Å². The summed E-state index contributed by atoms with van der Waals surface area (Å²) in [5.41, 5.74) is 1.11. The largest absolute Gasteiger partial charge is 0.375 e. The average molecular weight is 178 g/mol. The Morgan fingerprint density at radius 3 is 3.23 bits per heavy atom. The van der Waals surface area contributed by atoms with E-state index in [0.717, 1.165) is 31.8 Å². The average Bonchev–Trinajstić information content (AvgIpc) is 2.21. The molecule has 1 aliphatic heterocycles. The van der Waals surface area contributed by atoms with Crippen LogP contribution in [0.2, 0.25) is 0 Å². The van der Waals surface area contributed by atoms with E-state index in [1.54, 1.807) is 0 Å². The standard InChI is InChI=1S/C10H14N2O/c1-2-4-12-9(3-1)7-10-8-11-5-6-13-10/h1-4,10-11H,5-8H2/t10-/m1/s1. The molecule has 1 N–H and O–H groups in total. The van der Waals surface area contributed by atoms with Crippen molar-refractivity contribution >= 4 is 0 Å². The van der Waals surface area contributed by atoms with Crippen molar-refractivity contribution in [2.45, 2.75) is 12.5 Å². The molecule has 0 aliphatic carbocycles. The third kappa shape index (κ3) is 2.50. The van der Waals surface area contributed by atoms with E-state index in [0.29, 0.717) is 6.10 Å². The van der Waals surface area contributed by atoms with Gasteiger partial charge in [-0.1, -0.05) is 6.07 Å². The molecule has 2 heterocycles. The van der Waals surface area contributed by atoms with E-state index in [-0.39, 0.29) is 0 Å². The fraction of sp³-hybridized carbons (Fsp3) is 0.500. The number of ether oxygens (including phenoxy) is 1. The first kappa shape index (κ1) is 8.66. The van der Waals surface area contributed by atoms with Crippen molar-refractivity contribution < 1.29 is 4.74 Å². The Balaban J connectivity index is 1.90. The fourth-order valence-corrected chi connectivity index (χ4v) is 1.50. The molecule has 2 rings (SSSR count). The molecule has 0 saturated carbocycles. The Hall–Kier alpha value is -0.930. The van der Waals surface area contributed by atoms with Gasteiger partial charge < -0.3 is 10.1 Å². The molecular formula is C10H14N2O. The summed E-state index contributed by atoms with van der Waals surface area (Å²) in [5, 5.41) is 3.30. The SMILES string of the molecule is c1ccc(C[C@@H]2CNCCO2)nc1. The minimum absolute atomic E-state index is 0.295. The summed E-state index contributed by atoms with van der Waals surface area (Å²) in [4.78, 5) is 4.27. The molecule has 0 radical (unpaired) electrons. The molecule has 1 aromatic heterocycles. The van der Waals surface area contributed by atoms with E-state index in [9.17, 15) is 0 Å². The van der Waals surface area contributed by atoms with Crippen LogP contribution in [-0.2, 0) is 11.2 Å². The molecule has 0 bridgehead atoms.